The molecule has 2 aliphatic rings. The van der Waals surface area contributed by atoms with Crippen LogP contribution in [0.2, 0.25) is 0 Å². The van der Waals surface area contributed by atoms with Gasteiger partial charge in [0.1, 0.15) is 23.4 Å². The van der Waals surface area contributed by atoms with Crippen molar-refractivity contribution < 1.29 is 24.5 Å². The number of aliphatic hydroxyl groups excluding tert-OH is 1. The van der Waals surface area contributed by atoms with E-state index >= 15 is 0 Å². The molecule has 3 rings (SSSR count). The maximum atomic E-state index is 12.2. The van der Waals surface area contributed by atoms with Crippen LogP contribution in [-0.4, -0.2) is 64.1 Å². The number of aliphatic hydroxyl groups is 1. The fourth-order valence-corrected chi connectivity index (χ4v) is 4.68. The number of carboxylic acids is 1. The van der Waals surface area contributed by atoms with Gasteiger partial charge in [-0.2, -0.15) is 0 Å². The Kier molecular flexibility index (Phi) is 5.27. The molecule has 2 aliphatic heterocycles. The standard InChI is InChI=1S/C18H22N2O5S/c1-10(21)14-16(22)20-15(18(23)24)13(26-17(14)20)9-25-12-6-4-11(5-7-12)8-19(2)3/h4-7,10,14,17,21H,8-9H2,1-3H3,(H,23,24)/t10-,14+,17-/m1/s1. The molecule has 140 valence electrons. The Morgan fingerprint density at radius 2 is 2.00 bits per heavy atom. The molecule has 0 aromatic heterocycles. The number of aliphatic carboxylic acids is 1. The third-order valence-electron chi connectivity index (χ3n) is 4.37. The lowest BCUT2D eigenvalue weighted by molar-refractivity contribution is -0.156. The monoisotopic (exact) mass is 378 g/mol. The third kappa shape index (κ3) is 3.44. The van der Waals surface area contributed by atoms with Gasteiger partial charge in [-0.15, -0.1) is 0 Å². The van der Waals surface area contributed by atoms with Gasteiger partial charge in [0, 0.05) is 6.54 Å². The summed E-state index contributed by atoms with van der Waals surface area (Å²) < 4.78 is 5.73. The van der Waals surface area contributed by atoms with Crippen molar-refractivity contribution in [2.24, 2.45) is 5.92 Å². The highest BCUT2D eigenvalue weighted by Gasteiger charge is 2.57. The lowest BCUT2D eigenvalue weighted by atomic mass is 9.92. The Morgan fingerprint density at radius 3 is 2.54 bits per heavy atom. The lowest BCUT2D eigenvalue weighted by Gasteiger charge is -2.43. The number of carbonyl (C=O) groups is 2. The second-order valence-corrected chi connectivity index (χ2v) is 7.94. The van der Waals surface area contributed by atoms with Gasteiger partial charge >= 0.3 is 5.97 Å². The number of thioether (sulfide) groups is 1. The number of hydrogen-bond donors (Lipinski definition) is 2. The number of nitrogens with zero attached hydrogens (tertiary/aromatic N) is 2. The predicted molar refractivity (Wildman–Crippen MR) is 97.4 cm³/mol. The first kappa shape index (κ1) is 18.8. The Bertz CT molecular complexity index is 744. The number of rotatable bonds is 7. The maximum Gasteiger partial charge on any atom is 0.353 e. The quantitative estimate of drug-likeness (QED) is 0.692. The molecule has 7 nitrogen and oxygen atoms in total. The van der Waals surface area contributed by atoms with E-state index in [0.29, 0.717) is 10.7 Å². The number of hydrogen-bond acceptors (Lipinski definition) is 6. The van der Waals surface area contributed by atoms with Crippen molar-refractivity contribution in [3.8, 4) is 5.75 Å². The summed E-state index contributed by atoms with van der Waals surface area (Å²) in [7, 11) is 3.99. The van der Waals surface area contributed by atoms with Crippen LogP contribution in [0, 0.1) is 5.92 Å². The summed E-state index contributed by atoms with van der Waals surface area (Å²) in [6, 6.07) is 7.61. The first-order valence-electron chi connectivity index (χ1n) is 8.30. The molecule has 0 saturated carbocycles. The van der Waals surface area contributed by atoms with Crippen LogP contribution in [0.3, 0.4) is 0 Å². The highest BCUT2D eigenvalue weighted by Crippen LogP contribution is 2.50. The second kappa shape index (κ2) is 7.30. The van der Waals surface area contributed by atoms with E-state index in [2.05, 4.69) is 4.90 Å². The van der Waals surface area contributed by atoms with Gasteiger partial charge < -0.3 is 19.8 Å². The number of amides is 1. The van der Waals surface area contributed by atoms with E-state index in [0.717, 1.165) is 12.1 Å². The Balaban J connectivity index is 1.69. The topological polar surface area (TPSA) is 90.3 Å². The van der Waals surface area contributed by atoms with E-state index in [1.807, 2.05) is 38.4 Å². The van der Waals surface area contributed by atoms with Crippen LogP contribution in [0.25, 0.3) is 0 Å². The Hall–Kier alpha value is -2.03. The number of benzene rings is 1. The summed E-state index contributed by atoms with van der Waals surface area (Å²) in [6.45, 7) is 2.45. The molecule has 2 N–H and O–H groups in total. The number of carboxylic acid groups (broad SMARTS) is 1. The SMILES string of the molecule is C[C@@H](O)[C@H]1C(=O)N2C(C(=O)O)=C(COc3ccc(CN(C)C)cc3)S[C@H]12. The molecule has 1 saturated heterocycles. The molecule has 0 spiro atoms. The largest absolute Gasteiger partial charge is 0.488 e. The molecule has 1 aromatic carbocycles. The molecule has 0 radical (unpaired) electrons. The Labute approximate surface area is 156 Å². The molecule has 0 bridgehead atoms. The van der Waals surface area contributed by atoms with Gasteiger partial charge in [0.15, 0.2) is 0 Å². The van der Waals surface area contributed by atoms with Gasteiger partial charge in [0.05, 0.1) is 16.9 Å². The van der Waals surface area contributed by atoms with Crippen LogP contribution in [0.4, 0.5) is 0 Å². The van der Waals surface area contributed by atoms with E-state index in [9.17, 15) is 19.8 Å². The normalized spacial score (nSPS) is 23.1. The third-order valence-corrected chi connectivity index (χ3v) is 5.71. The molecule has 0 aliphatic carbocycles. The summed E-state index contributed by atoms with van der Waals surface area (Å²) in [6.07, 6.45) is -0.809. The van der Waals surface area contributed by atoms with Crippen molar-refractivity contribution in [2.75, 3.05) is 20.7 Å². The molecule has 26 heavy (non-hydrogen) atoms. The average Bonchev–Trinajstić information content (AvgIpc) is 2.88. The van der Waals surface area contributed by atoms with Crippen molar-refractivity contribution >= 4 is 23.6 Å². The summed E-state index contributed by atoms with van der Waals surface area (Å²) in [5, 5.41) is 18.8. The predicted octanol–water partition coefficient (Wildman–Crippen LogP) is 1.34. The smallest absolute Gasteiger partial charge is 0.353 e. The number of carbonyl (C=O) groups excluding carboxylic acids is 1. The van der Waals surface area contributed by atoms with Crippen molar-refractivity contribution in [1.29, 1.82) is 0 Å². The van der Waals surface area contributed by atoms with E-state index in [-0.39, 0.29) is 23.6 Å². The first-order chi connectivity index (χ1) is 12.3. The zero-order chi connectivity index (χ0) is 19.0. The highest BCUT2D eigenvalue weighted by molar-refractivity contribution is 8.04. The summed E-state index contributed by atoms with van der Waals surface area (Å²) in [5.41, 5.74) is 1.11. The minimum absolute atomic E-state index is 0.0360. The summed E-state index contributed by atoms with van der Waals surface area (Å²) in [4.78, 5) is 27.6. The lowest BCUT2D eigenvalue weighted by Crippen LogP contribution is -2.60. The molecule has 1 fully saturated rings. The fraction of sp³-hybridized carbons (Fsp3) is 0.444. The molecule has 8 heteroatoms. The maximum absolute atomic E-state index is 12.2. The molecule has 0 unspecified atom stereocenters. The van der Waals surface area contributed by atoms with Gasteiger partial charge in [-0.25, -0.2) is 4.79 Å². The fourth-order valence-electron chi connectivity index (χ4n) is 3.16. The van der Waals surface area contributed by atoms with Gasteiger partial charge in [-0.1, -0.05) is 23.9 Å². The molecule has 1 amide bonds. The van der Waals surface area contributed by atoms with E-state index < -0.39 is 18.0 Å². The Morgan fingerprint density at radius 1 is 1.35 bits per heavy atom. The van der Waals surface area contributed by atoms with Crippen LogP contribution in [0.5, 0.6) is 5.75 Å². The van der Waals surface area contributed by atoms with E-state index in [1.165, 1.54) is 16.7 Å². The van der Waals surface area contributed by atoms with Crippen LogP contribution < -0.4 is 4.74 Å². The number of β-lactam (4-membered cyclic amide) rings is 1. The van der Waals surface area contributed by atoms with Crippen LogP contribution in [0.15, 0.2) is 34.9 Å². The van der Waals surface area contributed by atoms with Crippen molar-refractivity contribution in [2.45, 2.75) is 24.9 Å². The molecule has 3 atom stereocenters. The number of ether oxygens (including phenoxy) is 1. The molecule has 2 heterocycles. The van der Waals surface area contributed by atoms with Gasteiger partial charge in [0.25, 0.3) is 0 Å². The summed E-state index contributed by atoms with van der Waals surface area (Å²) in [5.74, 6) is -1.44. The molecular formula is C18H22N2O5S. The summed E-state index contributed by atoms with van der Waals surface area (Å²) >= 11 is 1.28. The zero-order valence-electron chi connectivity index (χ0n) is 14.9. The molecular weight excluding hydrogens is 356 g/mol. The van der Waals surface area contributed by atoms with E-state index in [1.54, 1.807) is 6.92 Å². The minimum Gasteiger partial charge on any atom is -0.488 e. The zero-order valence-corrected chi connectivity index (χ0v) is 15.7. The minimum atomic E-state index is -1.16. The van der Waals surface area contributed by atoms with Gasteiger partial charge in [0.2, 0.25) is 5.91 Å². The van der Waals surface area contributed by atoms with Crippen LogP contribution in [-0.2, 0) is 16.1 Å². The first-order valence-corrected chi connectivity index (χ1v) is 9.18. The average molecular weight is 378 g/mol. The van der Waals surface area contributed by atoms with Crippen LogP contribution >= 0.6 is 11.8 Å². The second-order valence-electron chi connectivity index (χ2n) is 6.73. The van der Waals surface area contributed by atoms with Gasteiger partial charge in [-0.3, -0.25) is 9.69 Å². The van der Waals surface area contributed by atoms with Gasteiger partial charge in [-0.05, 0) is 38.7 Å². The molecule has 1 aromatic rings. The van der Waals surface area contributed by atoms with Crippen LogP contribution in [0.1, 0.15) is 12.5 Å². The van der Waals surface area contributed by atoms with Crippen molar-refractivity contribution in [3.05, 3.63) is 40.4 Å². The van der Waals surface area contributed by atoms with Crippen molar-refractivity contribution in [1.82, 2.24) is 9.80 Å². The van der Waals surface area contributed by atoms with E-state index in [4.69, 9.17) is 4.74 Å². The highest BCUT2D eigenvalue weighted by atomic mass is 32.2. The van der Waals surface area contributed by atoms with Crippen molar-refractivity contribution in [3.63, 3.8) is 0 Å². The number of fused-ring (bicyclic) bond motifs is 1.